The number of fused-ring (bicyclic) bond motifs is 1. The minimum absolute atomic E-state index is 0.0892. The number of halogens is 2. The van der Waals surface area contributed by atoms with Crippen molar-refractivity contribution in [3.05, 3.63) is 69.3 Å². The van der Waals surface area contributed by atoms with E-state index in [9.17, 15) is 18.9 Å². The van der Waals surface area contributed by atoms with Crippen LogP contribution >= 0.6 is 0 Å². The molecule has 0 aromatic heterocycles. The average molecular weight is 290 g/mol. The number of hydrogen-bond donors (Lipinski definition) is 1. The van der Waals surface area contributed by atoms with Crippen molar-refractivity contribution < 1.29 is 13.7 Å². The number of hydrogen-bond acceptors (Lipinski definition) is 3. The topological polar surface area (TPSA) is 55.2 Å². The minimum atomic E-state index is -0.567. The molecule has 1 aliphatic carbocycles. The molecule has 0 fully saturated rings. The van der Waals surface area contributed by atoms with E-state index in [1.54, 1.807) is 6.07 Å². The molecule has 1 unspecified atom stereocenters. The van der Waals surface area contributed by atoms with Crippen molar-refractivity contribution in [1.82, 2.24) is 0 Å². The Labute approximate surface area is 119 Å². The molecule has 2 aromatic carbocycles. The lowest BCUT2D eigenvalue weighted by atomic mass is 10.1. The molecule has 4 nitrogen and oxygen atoms in total. The molecule has 0 saturated carbocycles. The van der Waals surface area contributed by atoms with E-state index in [1.807, 2.05) is 0 Å². The van der Waals surface area contributed by atoms with Gasteiger partial charge in [0.25, 0.3) is 5.69 Å². The van der Waals surface area contributed by atoms with Gasteiger partial charge in [0.2, 0.25) is 0 Å². The Kier molecular flexibility index (Phi) is 3.29. The second-order valence-corrected chi connectivity index (χ2v) is 5.00. The molecule has 1 N–H and O–H groups in total. The van der Waals surface area contributed by atoms with Crippen LogP contribution in [0.2, 0.25) is 0 Å². The summed E-state index contributed by atoms with van der Waals surface area (Å²) in [7, 11) is 0. The van der Waals surface area contributed by atoms with Crippen LogP contribution in [0.3, 0.4) is 0 Å². The third kappa shape index (κ3) is 2.56. The van der Waals surface area contributed by atoms with E-state index in [1.165, 1.54) is 18.2 Å². The Morgan fingerprint density at radius 1 is 1.19 bits per heavy atom. The Bertz CT molecular complexity index is 719. The van der Waals surface area contributed by atoms with Crippen LogP contribution in [0.15, 0.2) is 36.4 Å². The summed E-state index contributed by atoms with van der Waals surface area (Å²) in [6.07, 6.45) is 1.39. The molecule has 1 atom stereocenters. The molecule has 0 saturated heterocycles. The molecular weight excluding hydrogens is 278 g/mol. The number of benzene rings is 2. The zero-order valence-corrected chi connectivity index (χ0v) is 11.0. The number of nitro benzene ring substituents is 1. The van der Waals surface area contributed by atoms with Crippen molar-refractivity contribution in [2.24, 2.45) is 0 Å². The highest BCUT2D eigenvalue weighted by Crippen LogP contribution is 2.35. The minimum Gasteiger partial charge on any atom is -0.376 e. The normalized spacial score (nSPS) is 16.6. The van der Waals surface area contributed by atoms with Gasteiger partial charge >= 0.3 is 0 Å². The van der Waals surface area contributed by atoms with E-state index in [0.717, 1.165) is 23.3 Å². The van der Waals surface area contributed by atoms with Crippen molar-refractivity contribution in [3.8, 4) is 0 Å². The van der Waals surface area contributed by atoms with Crippen LogP contribution in [-0.2, 0) is 6.42 Å². The Balaban J connectivity index is 1.89. The van der Waals surface area contributed by atoms with Crippen LogP contribution in [0.1, 0.15) is 23.6 Å². The Morgan fingerprint density at radius 3 is 2.76 bits per heavy atom. The molecule has 0 spiro atoms. The van der Waals surface area contributed by atoms with Crippen molar-refractivity contribution in [2.75, 3.05) is 5.32 Å². The molecular formula is C15H12F2N2O2. The summed E-state index contributed by atoms with van der Waals surface area (Å²) in [5.74, 6) is -0.841. The zero-order valence-electron chi connectivity index (χ0n) is 11.0. The molecule has 6 heteroatoms. The maximum absolute atomic E-state index is 13.8. The molecule has 0 heterocycles. The zero-order chi connectivity index (χ0) is 15.0. The summed E-state index contributed by atoms with van der Waals surface area (Å²) in [6, 6.07) is 7.71. The average Bonchev–Trinajstić information content (AvgIpc) is 2.83. The molecule has 0 amide bonds. The molecule has 2 aromatic rings. The highest BCUT2D eigenvalue weighted by Gasteiger charge is 2.24. The molecule has 3 rings (SSSR count). The SMILES string of the molecule is O=[N+]([O-])c1ccc(F)c(NC2CCc3cc(F)ccc32)c1. The Hall–Kier alpha value is -2.50. The van der Waals surface area contributed by atoms with Gasteiger partial charge in [-0.2, -0.15) is 0 Å². The molecule has 21 heavy (non-hydrogen) atoms. The van der Waals surface area contributed by atoms with Crippen LogP contribution in [0.4, 0.5) is 20.2 Å². The van der Waals surface area contributed by atoms with Gasteiger partial charge in [0.15, 0.2) is 0 Å². The molecule has 0 radical (unpaired) electrons. The molecule has 0 aliphatic heterocycles. The maximum atomic E-state index is 13.8. The van der Waals surface area contributed by atoms with Gasteiger partial charge in [-0.1, -0.05) is 6.07 Å². The van der Waals surface area contributed by atoms with Crippen LogP contribution in [0, 0.1) is 21.7 Å². The van der Waals surface area contributed by atoms with Gasteiger partial charge in [0.05, 0.1) is 16.7 Å². The number of non-ortho nitro benzene ring substituents is 1. The van der Waals surface area contributed by atoms with E-state index < -0.39 is 10.7 Å². The first kappa shape index (κ1) is 13.5. The van der Waals surface area contributed by atoms with Crippen LogP contribution in [-0.4, -0.2) is 4.92 Å². The van der Waals surface area contributed by atoms with Crippen molar-refractivity contribution in [3.63, 3.8) is 0 Å². The quantitative estimate of drug-likeness (QED) is 0.687. The largest absolute Gasteiger partial charge is 0.376 e. The lowest BCUT2D eigenvalue weighted by Crippen LogP contribution is -2.09. The third-order valence-electron chi connectivity index (χ3n) is 3.67. The summed E-state index contributed by atoms with van der Waals surface area (Å²) in [6.45, 7) is 0. The van der Waals surface area contributed by atoms with Crippen LogP contribution < -0.4 is 5.32 Å². The molecule has 1 aliphatic rings. The standard InChI is InChI=1S/C15H12F2N2O2/c16-10-2-4-12-9(7-10)1-6-14(12)18-15-8-11(19(20)21)3-5-13(15)17/h2-5,7-8,14,18H,1,6H2. The van der Waals surface area contributed by atoms with Gasteiger partial charge in [-0.15, -0.1) is 0 Å². The highest BCUT2D eigenvalue weighted by atomic mass is 19.1. The summed E-state index contributed by atoms with van der Waals surface area (Å²) in [4.78, 5) is 10.2. The summed E-state index contributed by atoms with van der Waals surface area (Å²) < 4.78 is 26.9. The van der Waals surface area contributed by atoms with E-state index >= 15 is 0 Å². The number of nitrogens with zero attached hydrogens (tertiary/aromatic N) is 1. The first-order valence-corrected chi connectivity index (χ1v) is 6.53. The second-order valence-electron chi connectivity index (χ2n) is 5.00. The first-order chi connectivity index (χ1) is 10.0. The fraction of sp³-hybridized carbons (Fsp3) is 0.200. The van der Waals surface area contributed by atoms with E-state index in [-0.39, 0.29) is 23.2 Å². The fourth-order valence-corrected chi connectivity index (χ4v) is 2.66. The van der Waals surface area contributed by atoms with Crippen LogP contribution in [0.5, 0.6) is 0 Å². The third-order valence-corrected chi connectivity index (χ3v) is 3.67. The van der Waals surface area contributed by atoms with E-state index in [0.29, 0.717) is 12.8 Å². The maximum Gasteiger partial charge on any atom is 0.271 e. The van der Waals surface area contributed by atoms with Crippen molar-refractivity contribution >= 4 is 11.4 Å². The van der Waals surface area contributed by atoms with Gasteiger partial charge in [0, 0.05) is 12.1 Å². The number of nitro groups is 1. The molecule has 0 bridgehead atoms. The lowest BCUT2D eigenvalue weighted by molar-refractivity contribution is -0.384. The second kappa shape index (κ2) is 5.12. The van der Waals surface area contributed by atoms with Crippen molar-refractivity contribution in [1.29, 1.82) is 0 Å². The number of rotatable bonds is 3. The summed E-state index contributed by atoms with van der Waals surface area (Å²) >= 11 is 0. The summed E-state index contributed by atoms with van der Waals surface area (Å²) in [5.41, 5.74) is 1.71. The van der Waals surface area contributed by atoms with E-state index in [4.69, 9.17) is 0 Å². The van der Waals surface area contributed by atoms with Crippen LogP contribution in [0.25, 0.3) is 0 Å². The molecule has 108 valence electrons. The first-order valence-electron chi connectivity index (χ1n) is 6.53. The van der Waals surface area contributed by atoms with Gasteiger partial charge in [-0.05, 0) is 42.2 Å². The fourth-order valence-electron chi connectivity index (χ4n) is 2.66. The number of aryl methyl sites for hydroxylation is 1. The highest BCUT2D eigenvalue weighted by molar-refractivity contribution is 5.54. The monoisotopic (exact) mass is 290 g/mol. The predicted molar refractivity (Wildman–Crippen MR) is 74.1 cm³/mol. The van der Waals surface area contributed by atoms with Gasteiger partial charge in [-0.25, -0.2) is 8.78 Å². The van der Waals surface area contributed by atoms with E-state index in [2.05, 4.69) is 5.32 Å². The lowest BCUT2D eigenvalue weighted by Gasteiger charge is -2.16. The predicted octanol–water partition coefficient (Wildman–Crippen LogP) is 3.97. The summed E-state index contributed by atoms with van der Waals surface area (Å²) in [5, 5.41) is 13.7. The Morgan fingerprint density at radius 2 is 2.00 bits per heavy atom. The van der Waals surface area contributed by atoms with Gasteiger partial charge in [0.1, 0.15) is 11.6 Å². The smallest absolute Gasteiger partial charge is 0.271 e. The number of anilines is 1. The van der Waals surface area contributed by atoms with Gasteiger partial charge < -0.3 is 5.32 Å². The number of nitrogens with one attached hydrogen (secondary N) is 1. The van der Waals surface area contributed by atoms with Crippen molar-refractivity contribution in [2.45, 2.75) is 18.9 Å². The van der Waals surface area contributed by atoms with Gasteiger partial charge in [-0.3, -0.25) is 10.1 Å².